The van der Waals surface area contributed by atoms with Crippen LogP contribution in [0.3, 0.4) is 0 Å². The third-order valence-electron chi connectivity index (χ3n) is 5.68. The first kappa shape index (κ1) is 24.5. The lowest BCUT2D eigenvalue weighted by atomic mass is 9.91. The van der Waals surface area contributed by atoms with Crippen LogP contribution in [0.4, 0.5) is 0 Å². The van der Waals surface area contributed by atoms with Crippen LogP contribution in [-0.2, 0) is 20.7 Å². The Balaban J connectivity index is 1.79. The van der Waals surface area contributed by atoms with Gasteiger partial charge >= 0.3 is 0 Å². The minimum absolute atomic E-state index is 0.00868. The van der Waals surface area contributed by atoms with Crippen molar-refractivity contribution in [2.75, 3.05) is 32.8 Å². The Bertz CT molecular complexity index is 888. The third-order valence-corrected chi connectivity index (χ3v) is 6.68. The lowest BCUT2D eigenvalue weighted by molar-refractivity contribution is -0.143. The predicted molar refractivity (Wildman–Crippen MR) is 130 cm³/mol. The normalized spacial score (nSPS) is 16.0. The Labute approximate surface area is 196 Å². The molecule has 0 radical (unpaired) electrons. The molecule has 32 heavy (non-hydrogen) atoms. The van der Waals surface area contributed by atoms with Crippen molar-refractivity contribution in [2.24, 2.45) is 5.41 Å². The summed E-state index contributed by atoms with van der Waals surface area (Å²) in [5, 5.41) is 2.11. The highest BCUT2D eigenvalue weighted by Crippen LogP contribution is 2.37. The molecule has 0 saturated heterocycles. The number of fused-ring (bicyclic) bond motifs is 1. The van der Waals surface area contributed by atoms with Crippen LogP contribution in [0.25, 0.3) is 0 Å². The van der Waals surface area contributed by atoms with Crippen LogP contribution >= 0.6 is 11.3 Å². The smallest absolute Gasteiger partial charge is 0.242 e. The van der Waals surface area contributed by atoms with Crippen LogP contribution in [-0.4, -0.2) is 54.5 Å². The molecule has 174 valence electrons. The van der Waals surface area contributed by atoms with Crippen LogP contribution < -0.4 is 0 Å². The Morgan fingerprint density at radius 3 is 2.62 bits per heavy atom. The number of nitrogens with zero attached hydrogens (tertiary/aromatic N) is 2. The largest absolute Gasteiger partial charge is 0.382 e. The standard InChI is InChI=1S/C26H36N2O3S/c1-5-31-16-9-14-27(23(29)18-26(2,3)4)19-24(30)28-15-12-22-21(13-17-32-22)25(28)20-10-7-6-8-11-20/h6-8,10-11,13,17,25H,5,9,12,14-16,18-19H2,1-4H3. The second kappa shape index (κ2) is 11.1. The molecule has 6 heteroatoms. The molecule has 1 aromatic heterocycles. The summed E-state index contributed by atoms with van der Waals surface area (Å²) in [6.45, 7) is 10.7. The monoisotopic (exact) mass is 456 g/mol. The zero-order valence-corrected chi connectivity index (χ0v) is 20.6. The summed E-state index contributed by atoms with van der Waals surface area (Å²) in [4.78, 5) is 31.7. The highest BCUT2D eigenvalue weighted by molar-refractivity contribution is 7.10. The Morgan fingerprint density at radius 1 is 1.19 bits per heavy atom. The van der Waals surface area contributed by atoms with E-state index in [0.29, 0.717) is 32.7 Å². The van der Waals surface area contributed by atoms with E-state index in [9.17, 15) is 9.59 Å². The number of carbonyl (C=O) groups excluding carboxylic acids is 2. The van der Waals surface area contributed by atoms with E-state index in [-0.39, 0.29) is 29.8 Å². The number of ether oxygens (including phenoxy) is 1. The van der Waals surface area contributed by atoms with E-state index in [4.69, 9.17) is 4.74 Å². The molecule has 2 amide bonds. The Kier molecular flexibility index (Phi) is 8.49. The van der Waals surface area contributed by atoms with Gasteiger partial charge in [0.1, 0.15) is 0 Å². The van der Waals surface area contributed by atoms with Gasteiger partial charge in [0.05, 0.1) is 12.6 Å². The van der Waals surface area contributed by atoms with Gasteiger partial charge in [0.2, 0.25) is 11.8 Å². The van der Waals surface area contributed by atoms with Gasteiger partial charge in [-0.2, -0.15) is 0 Å². The van der Waals surface area contributed by atoms with Crippen molar-refractivity contribution >= 4 is 23.2 Å². The molecule has 0 fully saturated rings. The van der Waals surface area contributed by atoms with E-state index in [1.807, 2.05) is 30.0 Å². The zero-order valence-electron chi connectivity index (χ0n) is 19.8. The fourth-order valence-electron chi connectivity index (χ4n) is 4.19. The van der Waals surface area contributed by atoms with Gasteiger partial charge in [-0.3, -0.25) is 9.59 Å². The number of hydrogen-bond acceptors (Lipinski definition) is 4. The number of rotatable bonds is 9. The predicted octanol–water partition coefficient (Wildman–Crippen LogP) is 4.91. The van der Waals surface area contributed by atoms with Gasteiger partial charge in [0, 0.05) is 37.6 Å². The number of benzene rings is 1. The summed E-state index contributed by atoms with van der Waals surface area (Å²) in [5.41, 5.74) is 2.20. The van der Waals surface area contributed by atoms with Gasteiger partial charge in [-0.15, -0.1) is 11.3 Å². The van der Waals surface area contributed by atoms with Gasteiger partial charge in [-0.05, 0) is 47.8 Å². The minimum atomic E-state index is -0.123. The molecule has 2 aromatic rings. The maximum absolute atomic E-state index is 13.6. The lowest BCUT2D eigenvalue weighted by Gasteiger charge is -2.38. The Hall–Kier alpha value is -2.18. The van der Waals surface area contributed by atoms with E-state index >= 15 is 0 Å². The topological polar surface area (TPSA) is 49.9 Å². The van der Waals surface area contributed by atoms with E-state index < -0.39 is 0 Å². The number of hydrogen-bond donors (Lipinski definition) is 0. The molecule has 1 aromatic carbocycles. The molecule has 1 unspecified atom stereocenters. The van der Waals surface area contributed by atoms with Gasteiger partial charge in [0.15, 0.2) is 0 Å². The fourth-order valence-corrected chi connectivity index (χ4v) is 5.10. The van der Waals surface area contributed by atoms with Crippen molar-refractivity contribution in [2.45, 2.75) is 53.0 Å². The van der Waals surface area contributed by atoms with Gasteiger partial charge in [-0.25, -0.2) is 0 Å². The van der Waals surface area contributed by atoms with E-state index in [0.717, 1.165) is 18.4 Å². The molecule has 0 bridgehead atoms. The quantitative estimate of drug-likeness (QED) is 0.504. The van der Waals surface area contributed by atoms with Crippen LogP contribution in [0.5, 0.6) is 0 Å². The van der Waals surface area contributed by atoms with Crippen LogP contribution in [0.1, 0.15) is 62.6 Å². The number of amides is 2. The number of thiophene rings is 1. The fraction of sp³-hybridized carbons (Fsp3) is 0.538. The molecular formula is C26H36N2O3S. The zero-order chi connectivity index (χ0) is 23.1. The molecule has 2 heterocycles. The summed E-state index contributed by atoms with van der Waals surface area (Å²) in [6, 6.07) is 12.3. The van der Waals surface area contributed by atoms with Crippen LogP contribution in [0.2, 0.25) is 0 Å². The highest BCUT2D eigenvalue weighted by Gasteiger charge is 2.34. The second-order valence-electron chi connectivity index (χ2n) is 9.55. The molecular weight excluding hydrogens is 420 g/mol. The van der Waals surface area contributed by atoms with Gasteiger partial charge < -0.3 is 14.5 Å². The maximum atomic E-state index is 13.6. The summed E-state index contributed by atoms with van der Waals surface area (Å²) >= 11 is 1.76. The molecule has 1 atom stereocenters. The van der Waals surface area contributed by atoms with Crippen molar-refractivity contribution in [3.63, 3.8) is 0 Å². The average Bonchev–Trinajstić information content (AvgIpc) is 3.23. The van der Waals surface area contributed by atoms with Crippen LogP contribution in [0.15, 0.2) is 41.8 Å². The van der Waals surface area contributed by atoms with Crippen molar-refractivity contribution in [3.8, 4) is 0 Å². The first-order chi connectivity index (χ1) is 15.3. The van der Waals surface area contributed by atoms with Gasteiger partial charge in [0.25, 0.3) is 0 Å². The SMILES string of the molecule is CCOCCCN(CC(=O)N1CCc2sccc2C1c1ccccc1)C(=O)CC(C)(C)C. The molecule has 0 N–H and O–H groups in total. The molecule has 5 nitrogen and oxygen atoms in total. The summed E-state index contributed by atoms with van der Waals surface area (Å²) in [6.07, 6.45) is 2.02. The molecule has 3 rings (SSSR count). The van der Waals surface area contributed by atoms with Crippen molar-refractivity contribution in [1.82, 2.24) is 9.80 Å². The summed E-state index contributed by atoms with van der Waals surface area (Å²) in [7, 11) is 0. The molecule has 1 aliphatic heterocycles. The molecule has 0 spiro atoms. The van der Waals surface area contributed by atoms with Gasteiger partial charge in [-0.1, -0.05) is 51.1 Å². The van der Waals surface area contributed by atoms with E-state index in [2.05, 4.69) is 44.4 Å². The van der Waals surface area contributed by atoms with Crippen molar-refractivity contribution < 1.29 is 14.3 Å². The van der Waals surface area contributed by atoms with Crippen LogP contribution in [0, 0.1) is 5.41 Å². The number of carbonyl (C=O) groups is 2. The average molecular weight is 457 g/mol. The third kappa shape index (κ3) is 6.42. The lowest BCUT2D eigenvalue weighted by Crippen LogP contribution is -2.47. The van der Waals surface area contributed by atoms with E-state index in [1.54, 1.807) is 16.2 Å². The highest BCUT2D eigenvalue weighted by atomic mass is 32.1. The van der Waals surface area contributed by atoms with Crippen molar-refractivity contribution in [3.05, 3.63) is 57.8 Å². The minimum Gasteiger partial charge on any atom is -0.382 e. The Morgan fingerprint density at radius 2 is 1.94 bits per heavy atom. The maximum Gasteiger partial charge on any atom is 0.242 e. The molecule has 0 saturated carbocycles. The first-order valence-corrected chi connectivity index (χ1v) is 12.4. The van der Waals surface area contributed by atoms with Crippen molar-refractivity contribution in [1.29, 1.82) is 0 Å². The summed E-state index contributed by atoms with van der Waals surface area (Å²) in [5.74, 6) is 0.0428. The molecule has 0 aliphatic carbocycles. The molecule has 1 aliphatic rings. The summed E-state index contributed by atoms with van der Waals surface area (Å²) < 4.78 is 5.46. The van der Waals surface area contributed by atoms with E-state index in [1.165, 1.54) is 10.4 Å². The first-order valence-electron chi connectivity index (χ1n) is 11.6. The second-order valence-corrected chi connectivity index (χ2v) is 10.6.